The van der Waals surface area contributed by atoms with Gasteiger partial charge in [-0.3, -0.25) is 9.59 Å². The summed E-state index contributed by atoms with van der Waals surface area (Å²) in [5, 5.41) is 3.29. The predicted octanol–water partition coefficient (Wildman–Crippen LogP) is 4.34. The van der Waals surface area contributed by atoms with Gasteiger partial charge in [0.25, 0.3) is 0 Å². The highest BCUT2D eigenvalue weighted by molar-refractivity contribution is 6.31. The van der Waals surface area contributed by atoms with Gasteiger partial charge in [0.2, 0.25) is 11.8 Å². The van der Waals surface area contributed by atoms with Gasteiger partial charge in [-0.25, -0.2) is 0 Å². The zero-order valence-electron chi connectivity index (χ0n) is 14.1. The third-order valence-electron chi connectivity index (χ3n) is 3.70. The lowest BCUT2D eigenvalue weighted by Gasteiger charge is -2.21. The second-order valence-corrected chi connectivity index (χ2v) is 6.07. The molecule has 0 spiro atoms. The van der Waals surface area contributed by atoms with E-state index in [1.54, 1.807) is 17.0 Å². The van der Waals surface area contributed by atoms with Crippen LogP contribution in [0.1, 0.15) is 24.5 Å². The lowest BCUT2D eigenvalue weighted by atomic mass is 10.2. The molecule has 126 valence electrons. The fourth-order valence-corrected chi connectivity index (χ4v) is 2.59. The molecule has 5 heteroatoms. The van der Waals surface area contributed by atoms with Crippen LogP contribution in [0.3, 0.4) is 0 Å². The molecule has 0 heterocycles. The lowest BCUT2D eigenvalue weighted by Crippen LogP contribution is -2.33. The number of rotatable bonds is 5. The molecule has 2 amide bonds. The number of nitrogens with one attached hydrogen (secondary N) is 1. The van der Waals surface area contributed by atoms with Gasteiger partial charge in [-0.2, -0.15) is 0 Å². The molecule has 0 atom stereocenters. The van der Waals surface area contributed by atoms with Gasteiger partial charge in [0.1, 0.15) is 6.42 Å². The Morgan fingerprint density at radius 2 is 1.88 bits per heavy atom. The Bertz CT molecular complexity index is 759. The molecule has 2 rings (SSSR count). The van der Waals surface area contributed by atoms with E-state index in [0.717, 1.165) is 16.8 Å². The van der Waals surface area contributed by atoms with E-state index in [9.17, 15) is 9.59 Å². The monoisotopic (exact) mass is 344 g/mol. The second kappa shape index (κ2) is 7.97. The standard InChI is InChI=1S/C19H21ClN2O2/c1-4-22(16-7-5-6-13(2)10-16)19(24)12-18(23)21-15-9-8-14(3)17(20)11-15/h5-11H,4,12H2,1-3H3,(H,21,23). The molecular formula is C19H21ClN2O2. The molecular weight excluding hydrogens is 324 g/mol. The summed E-state index contributed by atoms with van der Waals surface area (Å²) < 4.78 is 0. The minimum Gasteiger partial charge on any atom is -0.326 e. The van der Waals surface area contributed by atoms with Gasteiger partial charge in [0, 0.05) is 22.9 Å². The summed E-state index contributed by atoms with van der Waals surface area (Å²) in [7, 11) is 0. The van der Waals surface area contributed by atoms with Crippen LogP contribution in [-0.2, 0) is 9.59 Å². The summed E-state index contributed by atoms with van der Waals surface area (Å²) in [5.41, 5.74) is 3.38. The third kappa shape index (κ3) is 4.59. The zero-order chi connectivity index (χ0) is 17.7. The number of carbonyl (C=O) groups is 2. The molecule has 0 saturated carbocycles. The van der Waals surface area contributed by atoms with E-state index in [4.69, 9.17) is 11.6 Å². The Kier molecular flexibility index (Phi) is 5.99. The number of nitrogens with zero attached hydrogens (tertiary/aromatic N) is 1. The maximum atomic E-state index is 12.4. The topological polar surface area (TPSA) is 49.4 Å². The van der Waals surface area contributed by atoms with Gasteiger partial charge in [0.15, 0.2) is 0 Å². The molecule has 0 aromatic heterocycles. The molecule has 2 aromatic carbocycles. The van der Waals surface area contributed by atoms with Crippen molar-refractivity contribution in [2.24, 2.45) is 0 Å². The van der Waals surface area contributed by atoms with Crippen molar-refractivity contribution < 1.29 is 9.59 Å². The smallest absolute Gasteiger partial charge is 0.236 e. The minimum absolute atomic E-state index is 0.215. The largest absolute Gasteiger partial charge is 0.326 e. The van der Waals surface area contributed by atoms with Crippen molar-refractivity contribution in [1.29, 1.82) is 0 Å². The van der Waals surface area contributed by atoms with Crippen LogP contribution in [0.4, 0.5) is 11.4 Å². The second-order valence-electron chi connectivity index (χ2n) is 5.67. The number of benzene rings is 2. The number of anilines is 2. The first-order valence-corrected chi connectivity index (χ1v) is 8.21. The third-order valence-corrected chi connectivity index (χ3v) is 4.11. The van der Waals surface area contributed by atoms with Crippen molar-refractivity contribution >= 4 is 34.8 Å². The van der Waals surface area contributed by atoms with Crippen LogP contribution in [0.2, 0.25) is 5.02 Å². The fraction of sp³-hybridized carbons (Fsp3) is 0.263. The molecule has 0 aliphatic heterocycles. The highest BCUT2D eigenvalue weighted by Gasteiger charge is 2.18. The van der Waals surface area contributed by atoms with Crippen LogP contribution in [0.25, 0.3) is 0 Å². The molecule has 0 aliphatic rings. The van der Waals surface area contributed by atoms with Crippen LogP contribution < -0.4 is 10.2 Å². The Hall–Kier alpha value is -2.33. The van der Waals surface area contributed by atoms with Gasteiger partial charge in [0.05, 0.1) is 0 Å². The van der Waals surface area contributed by atoms with E-state index in [1.165, 1.54) is 0 Å². The molecule has 0 fully saturated rings. The summed E-state index contributed by atoms with van der Waals surface area (Å²) in [5.74, 6) is -0.593. The molecule has 2 aromatic rings. The summed E-state index contributed by atoms with van der Waals surface area (Å²) in [4.78, 5) is 26.2. The van der Waals surface area contributed by atoms with Crippen molar-refractivity contribution in [2.45, 2.75) is 27.2 Å². The predicted molar refractivity (Wildman–Crippen MR) is 98.6 cm³/mol. The summed E-state index contributed by atoms with van der Waals surface area (Å²) in [6.07, 6.45) is -0.215. The summed E-state index contributed by atoms with van der Waals surface area (Å²) in [6.45, 7) is 6.25. The zero-order valence-corrected chi connectivity index (χ0v) is 14.9. The van der Waals surface area contributed by atoms with Crippen LogP contribution in [0.5, 0.6) is 0 Å². The van der Waals surface area contributed by atoms with E-state index in [0.29, 0.717) is 17.3 Å². The van der Waals surface area contributed by atoms with Crippen LogP contribution in [-0.4, -0.2) is 18.4 Å². The van der Waals surface area contributed by atoms with Gasteiger partial charge in [-0.1, -0.05) is 29.8 Å². The van der Waals surface area contributed by atoms with Crippen LogP contribution >= 0.6 is 11.6 Å². The molecule has 0 radical (unpaired) electrons. The van der Waals surface area contributed by atoms with Gasteiger partial charge in [-0.15, -0.1) is 0 Å². The maximum Gasteiger partial charge on any atom is 0.236 e. The molecule has 0 saturated heterocycles. The van der Waals surface area contributed by atoms with Crippen molar-refractivity contribution in [1.82, 2.24) is 0 Å². The number of hydrogen-bond donors (Lipinski definition) is 1. The number of halogens is 1. The Labute approximate surface area is 147 Å². The normalized spacial score (nSPS) is 10.3. The van der Waals surface area contributed by atoms with Crippen molar-refractivity contribution in [3.05, 3.63) is 58.6 Å². The lowest BCUT2D eigenvalue weighted by molar-refractivity contribution is -0.125. The van der Waals surface area contributed by atoms with Crippen LogP contribution in [0.15, 0.2) is 42.5 Å². The van der Waals surface area contributed by atoms with E-state index in [1.807, 2.05) is 51.1 Å². The maximum absolute atomic E-state index is 12.4. The van der Waals surface area contributed by atoms with Gasteiger partial charge in [-0.05, 0) is 56.2 Å². The van der Waals surface area contributed by atoms with Crippen molar-refractivity contribution in [2.75, 3.05) is 16.8 Å². The highest BCUT2D eigenvalue weighted by Crippen LogP contribution is 2.20. The van der Waals surface area contributed by atoms with Crippen molar-refractivity contribution in [3.8, 4) is 0 Å². The highest BCUT2D eigenvalue weighted by atomic mass is 35.5. The molecule has 4 nitrogen and oxygen atoms in total. The first-order valence-electron chi connectivity index (χ1n) is 7.83. The number of aryl methyl sites for hydroxylation is 2. The average molecular weight is 345 g/mol. The molecule has 1 N–H and O–H groups in total. The minimum atomic E-state index is -0.356. The molecule has 0 aliphatic carbocycles. The van der Waals surface area contributed by atoms with E-state index in [-0.39, 0.29) is 18.2 Å². The number of hydrogen-bond acceptors (Lipinski definition) is 2. The Balaban J connectivity index is 2.04. The number of amides is 2. The van der Waals surface area contributed by atoms with Crippen LogP contribution in [0, 0.1) is 13.8 Å². The Morgan fingerprint density at radius 3 is 2.50 bits per heavy atom. The first kappa shape index (κ1) is 18.0. The van der Waals surface area contributed by atoms with Gasteiger partial charge >= 0.3 is 0 Å². The summed E-state index contributed by atoms with van der Waals surface area (Å²) in [6, 6.07) is 12.9. The SMILES string of the molecule is CCN(C(=O)CC(=O)Nc1ccc(C)c(Cl)c1)c1cccc(C)c1. The summed E-state index contributed by atoms with van der Waals surface area (Å²) >= 11 is 6.04. The Morgan fingerprint density at radius 1 is 1.12 bits per heavy atom. The molecule has 0 bridgehead atoms. The van der Waals surface area contributed by atoms with Crippen molar-refractivity contribution in [3.63, 3.8) is 0 Å². The quantitative estimate of drug-likeness (QED) is 0.820. The first-order chi connectivity index (χ1) is 11.4. The van der Waals surface area contributed by atoms with E-state index < -0.39 is 0 Å². The molecule has 24 heavy (non-hydrogen) atoms. The average Bonchev–Trinajstić information content (AvgIpc) is 2.51. The van der Waals surface area contributed by atoms with E-state index in [2.05, 4.69) is 5.32 Å². The molecule has 0 unspecified atom stereocenters. The van der Waals surface area contributed by atoms with Gasteiger partial charge < -0.3 is 10.2 Å². The number of carbonyl (C=O) groups excluding carboxylic acids is 2. The van der Waals surface area contributed by atoms with E-state index >= 15 is 0 Å². The fourth-order valence-electron chi connectivity index (χ4n) is 2.41.